The summed E-state index contributed by atoms with van der Waals surface area (Å²) >= 11 is 0. The van der Waals surface area contributed by atoms with Gasteiger partial charge in [0.1, 0.15) is 37.4 Å². The van der Waals surface area contributed by atoms with Gasteiger partial charge in [-0.2, -0.15) is 20.1 Å². The van der Waals surface area contributed by atoms with E-state index >= 15 is 0 Å². The van der Waals surface area contributed by atoms with Gasteiger partial charge in [0.15, 0.2) is 0 Å². The first-order valence-electron chi connectivity index (χ1n) is 16.3. The normalized spacial score (nSPS) is 24.0. The molecular weight excluding hydrogens is 588 g/mol. The highest BCUT2D eigenvalue weighted by molar-refractivity contribution is 5.54. The first-order valence-corrected chi connectivity index (χ1v) is 16.3. The third kappa shape index (κ3) is 6.26. The van der Waals surface area contributed by atoms with Crippen molar-refractivity contribution in [1.29, 1.82) is 0 Å². The molecule has 5 heterocycles. The van der Waals surface area contributed by atoms with Crippen LogP contribution in [0.5, 0.6) is 5.75 Å². The number of rotatable bonds is 11. The fourth-order valence-electron chi connectivity index (χ4n) is 6.42. The maximum absolute atomic E-state index is 12.8. The van der Waals surface area contributed by atoms with Crippen LogP contribution in [0.15, 0.2) is 72.0 Å². The summed E-state index contributed by atoms with van der Waals surface area (Å²) in [6.45, 7) is 9.58. The molecule has 244 valence electrons. The Morgan fingerprint density at radius 1 is 0.935 bits per heavy atom. The van der Waals surface area contributed by atoms with E-state index in [-0.39, 0.29) is 23.9 Å². The minimum absolute atomic E-state index is 0.0737. The Balaban J connectivity index is 0.901. The molecule has 0 N–H and O–H groups in total. The van der Waals surface area contributed by atoms with Crippen molar-refractivity contribution in [3.63, 3.8) is 0 Å². The number of piperazine rings is 1. The molecule has 0 radical (unpaired) electrons. The number of nitrogens with zero attached hydrogens (tertiary/aromatic N) is 8. The third-order valence-corrected chi connectivity index (χ3v) is 9.24. The quantitative estimate of drug-likeness (QED) is 0.245. The van der Waals surface area contributed by atoms with Gasteiger partial charge in [0.05, 0.1) is 30.7 Å². The average molecular weight is 631 g/mol. The second-order valence-electron chi connectivity index (χ2n) is 12.2. The largest absolute Gasteiger partial charge is 0.491 e. The number of hydrogen-bond donors (Lipinski definition) is 0. The first kappa shape index (κ1) is 30.5. The van der Waals surface area contributed by atoms with Gasteiger partial charge in [-0.25, -0.2) is 14.0 Å². The topological polar surface area (TPSA) is 114 Å². The molecule has 2 aromatic heterocycles. The van der Waals surface area contributed by atoms with E-state index in [0.717, 1.165) is 62.6 Å². The van der Waals surface area contributed by atoms with Crippen LogP contribution in [0.25, 0.3) is 5.69 Å². The van der Waals surface area contributed by atoms with Gasteiger partial charge >= 0.3 is 5.69 Å². The Hall–Kier alpha value is -4.20. The summed E-state index contributed by atoms with van der Waals surface area (Å²) in [5.74, 6) is -0.114. The molecule has 3 aliphatic heterocycles. The highest BCUT2D eigenvalue weighted by atomic mass is 16.8. The van der Waals surface area contributed by atoms with E-state index < -0.39 is 5.79 Å². The highest BCUT2D eigenvalue weighted by Gasteiger charge is 2.51. The fourth-order valence-corrected chi connectivity index (χ4v) is 6.42. The SMILES string of the molecule is CCC(C)n1ncn(-c2ccc(N3CCN(c4ccc(OCC5COC(Cn6nccn6)(C6CCCO6)O5)cc4)CC3)cc2)c1=O. The van der Waals surface area contributed by atoms with Crippen molar-refractivity contribution in [2.75, 3.05) is 55.8 Å². The van der Waals surface area contributed by atoms with E-state index in [4.69, 9.17) is 18.9 Å². The average Bonchev–Trinajstić information content (AvgIpc) is 3.93. The van der Waals surface area contributed by atoms with Crippen molar-refractivity contribution in [1.82, 2.24) is 29.3 Å². The lowest BCUT2D eigenvalue weighted by Crippen LogP contribution is -2.48. The number of benzene rings is 2. The molecular formula is C33H42N8O5. The molecule has 13 heteroatoms. The van der Waals surface area contributed by atoms with Gasteiger partial charge in [-0.3, -0.25) is 0 Å². The molecule has 0 saturated carbocycles. The van der Waals surface area contributed by atoms with Gasteiger partial charge in [-0.15, -0.1) is 0 Å². The predicted octanol–water partition coefficient (Wildman–Crippen LogP) is 3.29. The lowest BCUT2D eigenvalue weighted by atomic mass is 10.1. The Morgan fingerprint density at radius 3 is 2.22 bits per heavy atom. The summed E-state index contributed by atoms with van der Waals surface area (Å²) in [4.78, 5) is 19.1. The highest BCUT2D eigenvalue weighted by Crippen LogP contribution is 2.36. The van der Waals surface area contributed by atoms with Crippen LogP contribution in [0, 0.1) is 0 Å². The van der Waals surface area contributed by atoms with E-state index in [9.17, 15) is 4.79 Å². The predicted molar refractivity (Wildman–Crippen MR) is 172 cm³/mol. The van der Waals surface area contributed by atoms with E-state index in [2.05, 4.69) is 56.3 Å². The van der Waals surface area contributed by atoms with Gasteiger partial charge in [-0.1, -0.05) is 6.92 Å². The molecule has 3 saturated heterocycles. The Labute approximate surface area is 268 Å². The maximum Gasteiger partial charge on any atom is 0.350 e. The van der Waals surface area contributed by atoms with Crippen LogP contribution in [-0.2, 0) is 20.8 Å². The Kier molecular flexibility index (Phi) is 8.78. The van der Waals surface area contributed by atoms with Crippen molar-refractivity contribution >= 4 is 11.4 Å². The van der Waals surface area contributed by atoms with Crippen LogP contribution in [0.1, 0.15) is 39.2 Å². The zero-order valence-electron chi connectivity index (χ0n) is 26.5. The second-order valence-corrected chi connectivity index (χ2v) is 12.2. The zero-order valence-corrected chi connectivity index (χ0v) is 26.5. The number of anilines is 2. The molecule has 0 aliphatic carbocycles. The summed E-state index contributed by atoms with van der Waals surface area (Å²) in [5, 5.41) is 12.8. The monoisotopic (exact) mass is 630 g/mol. The minimum atomic E-state index is -0.908. The van der Waals surface area contributed by atoms with Crippen molar-refractivity contribution in [3.8, 4) is 11.4 Å². The zero-order chi connectivity index (χ0) is 31.5. The van der Waals surface area contributed by atoms with Crippen LogP contribution >= 0.6 is 0 Å². The van der Waals surface area contributed by atoms with E-state index in [1.165, 1.54) is 5.69 Å². The Bertz CT molecular complexity index is 1610. The molecule has 0 amide bonds. The molecule has 4 atom stereocenters. The molecule has 2 aromatic carbocycles. The summed E-state index contributed by atoms with van der Waals surface area (Å²) in [6.07, 6.45) is 7.26. The lowest BCUT2D eigenvalue weighted by Gasteiger charge is -2.37. The molecule has 13 nitrogen and oxygen atoms in total. The molecule has 0 bridgehead atoms. The third-order valence-electron chi connectivity index (χ3n) is 9.24. The number of hydrogen-bond acceptors (Lipinski definition) is 10. The van der Waals surface area contributed by atoms with Gasteiger partial charge in [-0.05, 0) is 74.7 Å². The van der Waals surface area contributed by atoms with Crippen LogP contribution in [0.3, 0.4) is 0 Å². The molecule has 4 aromatic rings. The second kappa shape index (κ2) is 13.3. The molecule has 0 spiro atoms. The maximum atomic E-state index is 12.8. The van der Waals surface area contributed by atoms with E-state index in [0.29, 0.717) is 26.4 Å². The minimum Gasteiger partial charge on any atom is -0.491 e. The molecule has 4 unspecified atom stereocenters. The summed E-state index contributed by atoms with van der Waals surface area (Å²) < 4.78 is 27.9. The standard InChI is InChI=1S/C33H42N8O5/c1-3-25(2)41-32(42)39(24-36-41)28-8-6-26(7-9-28)37-16-18-38(19-17-37)27-10-12-29(13-11-27)44-21-30-22-45-33(46-30,31-5-4-20-43-31)23-40-34-14-15-35-40/h6-15,24-25,30-31H,3-5,16-23H2,1-2H3. The van der Waals surface area contributed by atoms with Crippen LogP contribution in [0.2, 0.25) is 0 Å². The fraction of sp³-hybridized carbons (Fsp3) is 0.515. The smallest absolute Gasteiger partial charge is 0.350 e. The molecule has 3 aliphatic rings. The van der Waals surface area contributed by atoms with Crippen LogP contribution in [0.4, 0.5) is 11.4 Å². The summed E-state index contributed by atoms with van der Waals surface area (Å²) in [6, 6.07) is 16.5. The lowest BCUT2D eigenvalue weighted by molar-refractivity contribution is -0.241. The van der Waals surface area contributed by atoms with E-state index in [1.54, 1.807) is 32.8 Å². The van der Waals surface area contributed by atoms with Gasteiger partial charge in [0.2, 0.25) is 5.79 Å². The van der Waals surface area contributed by atoms with Gasteiger partial charge in [0.25, 0.3) is 0 Å². The number of aromatic nitrogens is 6. The van der Waals surface area contributed by atoms with Crippen molar-refractivity contribution in [2.45, 2.75) is 63.7 Å². The molecule has 46 heavy (non-hydrogen) atoms. The summed E-state index contributed by atoms with van der Waals surface area (Å²) in [5.41, 5.74) is 3.04. The first-order chi connectivity index (χ1) is 22.5. The summed E-state index contributed by atoms with van der Waals surface area (Å²) in [7, 11) is 0. The molecule has 7 rings (SSSR count). The van der Waals surface area contributed by atoms with Gasteiger partial charge < -0.3 is 28.7 Å². The van der Waals surface area contributed by atoms with Crippen LogP contribution < -0.4 is 20.2 Å². The van der Waals surface area contributed by atoms with E-state index in [1.807, 2.05) is 31.2 Å². The van der Waals surface area contributed by atoms with Crippen molar-refractivity contribution < 1.29 is 18.9 Å². The van der Waals surface area contributed by atoms with Crippen LogP contribution in [-0.4, -0.2) is 93.3 Å². The Morgan fingerprint density at radius 2 is 1.59 bits per heavy atom. The van der Waals surface area contributed by atoms with Gasteiger partial charge in [0, 0.05) is 44.2 Å². The number of ether oxygens (including phenoxy) is 4. The van der Waals surface area contributed by atoms with Crippen molar-refractivity contribution in [3.05, 3.63) is 77.7 Å². The molecule has 3 fully saturated rings. The van der Waals surface area contributed by atoms with Crippen molar-refractivity contribution in [2.24, 2.45) is 0 Å².